The monoisotopic (exact) mass is 354 g/mol. The number of hydrogen-bond acceptors (Lipinski definition) is 4. The summed E-state index contributed by atoms with van der Waals surface area (Å²) in [7, 11) is 1.80. The Hall–Kier alpha value is -1.78. The quantitative estimate of drug-likeness (QED) is 0.632. The van der Waals surface area contributed by atoms with Crippen molar-refractivity contribution in [2.24, 2.45) is 0 Å². The summed E-state index contributed by atoms with van der Waals surface area (Å²) in [6.07, 6.45) is 3.57. The standard InChI is InChI=1S/C15H18N2O3Se/c1-3-4-7-17-14(20)12(16(2)15(17)21)8-10-5-6-11(18)9-13(10)19/h5-6,8-9,18-19H,3-4,7H2,1-2H3/b12-8+. The summed E-state index contributed by atoms with van der Waals surface area (Å²) in [6.45, 7) is 2.75. The predicted molar refractivity (Wildman–Crippen MR) is 82.9 cm³/mol. The summed E-state index contributed by atoms with van der Waals surface area (Å²) < 4.78 is 0.762. The molecule has 0 aromatic heterocycles. The summed E-state index contributed by atoms with van der Waals surface area (Å²) in [5, 5.41) is 19.1. The van der Waals surface area contributed by atoms with Crippen molar-refractivity contribution < 1.29 is 15.0 Å². The van der Waals surface area contributed by atoms with Crippen LogP contribution in [-0.2, 0) is 4.79 Å². The average molecular weight is 353 g/mol. The van der Waals surface area contributed by atoms with Gasteiger partial charge in [0.1, 0.15) is 0 Å². The minimum absolute atomic E-state index is 0.0126. The Morgan fingerprint density at radius 2 is 2.05 bits per heavy atom. The molecule has 0 atom stereocenters. The number of aromatic hydroxyl groups is 2. The molecule has 0 aliphatic carbocycles. The van der Waals surface area contributed by atoms with Crippen LogP contribution in [0.2, 0.25) is 0 Å². The summed E-state index contributed by atoms with van der Waals surface area (Å²) >= 11 is 2.92. The van der Waals surface area contributed by atoms with Gasteiger partial charge in [-0.15, -0.1) is 0 Å². The van der Waals surface area contributed by atoms with Crippen molar-refractivity contribution in [1.29, 1.82) is 0 Å². The molecule has 112 valence electrons. The van der Waals surface area contributed by atoms with Crippen LogP contribution in [0.25, 0.3) is 6.08 Å². The SMILES string of the molecule is CCCCN1C(=O)/C(=C\c2ccc(O)cc2O)N(C)C1=[Se]. The van der Waals surface area contributed by atoms with Crippen molar-refractivity contribution >= 4 is 32.2 Å². The molecular weight excluding hydrogens is 335 g/mol. The molecule has 2 rings (SSSR count). The van der Waals surface area contributed by atoms with Crippen LogP contribution >= 0.6 is 0 Å². The molecule has 2 N–H and O–H groups in total. The van der Waals surface area contributed by atoms with Gasteiger partial charge in [0.2, 0.25) is 0 Å². The van der Waals surface area contributed by atoms with Crippen LogP contribution in [-0.4, -0.2) is 59.8 Å². The summed E-state index contributed by atoms with van der Waals surface area (Å²) in [6, 6.07) is 4.30. The molecule has 0 spiro atoms. The van der Waals surface area contributed by atoms with Crippen LogP contribution in [0.15, 0.2) is 23.9 Å². The zero-order valence-electron chi connectivity index (χ0n) is 12.0. The minimum atomic E-state index is -0.0906. The van der Waals surface area contributed by atoms with E-state index in [1.165, 1.54) is 12.1 Å². The zero-order chi connectivity index (χ0) is 15.6. The van der Waals surface area contributed by atoms with Crippen LogP contribution < -0.4 is 0 Å². The molecule has 5 nitrogen and oxygen atoms in total. The van der Waals surface area contributed by atoms with E-state index in [0.717, 1.165) is 17.5 Å². The number of likely N-dealkylation sites (N-methyl/N-ethyl adjacent to an activating group) is 1. The van der Waals surface area contributed by atoms with Gasteiger partial charge in [0.15, 0.2) is 0 Å². The van der Waals surface area contributed by atoms with E-state index in [0.29, 0.717) is 17.8 Å². The van der Waals surface area contributed by atoms with E-state index in [1.807, 2.05) is 0 Å². The zero-order valence-corrected chi connectivity index (χ0v) is 13.7. The molecule has 1 heterocycles. The third-order valence-electron chi connectivity index (χ3n) is 3.38. The second-order valence-electron chi connectivity index (χ2n) is 4.92. The number of phenols is 2. The van der Waals surface area contributed by atoms with Gasteiger partial charge in [-0.2, -0.15) is 0 Å². The number of carbonyl (C=O) groups is 1. The molecule has 1 amide bonds. The Bertz CT molecular complexity index is 613. The van der Waals surface area contributed by atoms with Crippen molar-refractivity contribution in [3.63, 3.8) is 0 Å². The number of unbranched alkanes of at least 4 members (excludes halogenated alkanes) is 1. The van der Waals surface area contributed by atoms with Gasteiger partial charge in [0, 0.05) is 0 Å². The Labute approximate surface area is 131 Å². The maximum absolute atomic E-state index is 12.5. The molecule has 1 aromatic carbocycles. The molecule has 0 unspecified atom stereocenters. The number of phenolic OH excluding ortho intramolecular Hbond substituents is 2. The fraction of sp³-hybridized carbons (Fsp3) is 0.333. The first kappa shape index (κ1) is 15.6. The molecule has 0 saturated carbocycles. The second kappa shape index (κ2) is 6.33. The first-order valence-electron chi connectivity index (χ1n) is 6.79. The van der Waals surface area contributed by atoms with Crippen LogP contribution in [0.5, 0.6) is 11.5 Å². The van der Waals surface area contributed by atoms with Crippen LogP contribution in [0.1, 0.15) is 25.3 Å². The molecule has 0 bridgehead atoms. The van der Waals surface area contributed by atoms with E-state index in [2.05, 4.69) is 22.5 Å². The van der Waals surface area contributed by atoms with Crippen molar-refractivity contribution in [3.05, 3.63) is 29.5 Å². The molecule has 0 radical (unpaired) electrons. The maximum atomic E-state index is 12.5. The van der Waals surface area contributed by atoms with E-state index >= 15 is 0 Å². The van der Waals surface area contributed by atoms with Gasteiger partial charge in [0.25, 0.3) is 0 Å². The van der Waals surface area contributed by atoms with Gasteiger partial charge in [-0.25, -0.2) is 0 Å². The molecule has 1 aliphatic heterocycles. The molecule has 6 heteroatoms. The van der Waals surface area contributed by atoms with Gasteiger partial charge in [-0.05, 0) is 0 Å². The fourth-order valence-electron chi connectivity index (χ4n) is 2.13. The Balaban J connectivity index is 2.32. The van der Waals surface area contributed by atoms with Crippen molar-refractivity contribution in [3.8, 4) is 11.5 Å². The number of nitrogens with zero attached hydrogens (tertiary/aromatic N) is 2. The Morgan fingerprint density at radius 1 is 1.33 bits per heavy atom. The number of hydrogen-bond donors (Lipinski definition) is 2. The second-order valence-corrected chi connectivity index (χ2v) is 5.69. The van der Waals surface area contributed by atoms with Gasteiger partial charge >= 0.3 is 131 Å². The van der Waals surface area contributed by atoms with E-state index in [1.54, 1.807) is 29.0 Å². The van der Waals surface area contributed by atoms with Crippen molar-refractivity contribution in [1.82, 2.24) is 9.80 Å². The van der Waals surface area contributed by atoms with E-state index < -0.39 is 0 Å². The van der Waals surface area contributed by atoms with E-state index in [-0.39, 0.29) is 17.4 Å². The van der Waals surface area contributed by atoms with Gasteiger partial charge in [-0.3, -0.25) is 0 Å². The van der Waals surface area contributed by atoms with Crippen molar-refractivity contribution in [2.75, 3.05) is 13.6 Å². The summed E-state index contributed by atoms with van der Waals surface area (Å²) in [5.74, 6) is -0.161. The van der Waals surface area contributed by atoms with Gasteiger partial charge < -0.3 is 0 Å². The van der Waals surface area contributed by atoms with Crippen LogP contribution in [0.3, 0.4) is 0 Å². The predicted octanol–water partition coefficient (Wildman–Crippen LogP) is 1.27. The van der Waals surface area contributed by atoms with Crippen molar-refractivity contribution in [2.45, 2.75) is 19.8 Å². The summed E-state index contributed by atoms with van der Waals surface area (Å²) in [4.78, 5) is 15.9. The van der Waals surface area contributed by atoms with Gasteiger partial charge in [-0.1, -0.05) is 0 Å². The topological polar surface area (TPSA) is 64.0 Å². The van der Waals surface area contributed by atoms with E-state index in [4.69, 9.17) is 0 Å². The van der Waals surface area contributed by atoms with Crippen LogP contribution in [0.4, 0.5) is 0 Å². The molecular formula is C15H18N2O3Se. The molecule has 1 aliphatic rings. The summed E-state index contributed by atoms with van der Waals surface area (Å²) in [5.41, 5.74) is 0.981. The third kappa shape index (κ3) is 3.12. The molecule has 1 saturated heterocycles. The number of benzene rings is 1. The fourth-order valence-corrected chi connectivity index (χ4v) is 2.70. The normalized spacial score (nSPS) is 17.1. The number of carbonyl (C=O) groups excluding carboxylic acids is 1. The van der Waals surface area contributed by atoms with Crippen LogP contribution in [0, 0.1) is 0 Å². The first-order valence-corrected chi connectivity index (χ1v) is 7.64. The van der Waals surface area contributed by atoms with E-state index in [9.17, 15) is 15.0 Å². The Kier molecular flexibility index (Phi) is 4.70. The molecule has 1 aromatic rings. The molecule has 1 fully saturated rings. The number of amides is 1. The third-order valence-corrected chi connectivity index (χ3v) is 4.42. The average Bonchev–Trinajstić information content (AvgIpc) is 2.64. The van der Waals surface area contributed by atoms with Gasteiger partial charge in [0.05, 0.1) is 0 Å². The Morgan fingerprint density at radius 3 is 2.67 bits per heavy atom. The molecule has 21 heavy (non-hydrogen) atoms. The number of rotatable bonds is 4. The first-order chi connectivity index (χ1) is 9.95.